The van der Waals surface area contributed by atoms with Crippen LogP contribution in [0, 0.1) is 13.8 Å². The van der Waals surface area contributed by atoms with Crippen molar-refractivity contribution in [3.05, 3.63) is 107 Å². The van der Waals surface area contributed by atoms with Crippen molar-refractivity contribution in [2.24, 2.45) is 0 Å². The molecule has 224 valence electrons. The second-order valence-electron chi connectivity index (χ2n) is 10.3. The number of aryl methyl sites for hydroxylation is 2. The highest BCUT2D eigenvalue weighted by atomic mass is 32.2. The number of alkyl halides is 3. The number of halogens is 3. The van der Waals surface area contributed by atoms with E-state index in [4.69, 9.17) is 0 Å². The molecule has 1 atom stereocenters. The predicted molar refractivity (Wildman–Crippen MR) is 163 cm³/mol. The van der Waals surface area contributed by atoms with Gasteiger partial charge in [0.2, 0.25) is 5.91 Å². The van der Waals surface area contributed by atoms with E-state index in [-0.39, 0.29) is 17.2 Å². The number of nitrogens with zero attached hydrogens (tertiary/aromatic N) is 3. The highest BCUT2D eigenvalue weighted by Gasteiger charge is 2.34. The van der Waals surface area contributed by atoms with Crippen molar-refractivity contribution >= 4 is 46.5 Å². The molecule has 0 fully saturated rings. The summed E-state index contributed by atoms with van der Waals surface area (Å²) in [6, 6.07) is 17.6. The summed E-state index contributed by atoms with van der Waals surface area (Å²) in [5.74, 6) is -0.451. The van der Waals surface area contributed by atoms with Gasteiger partial charge in [0.05, 0.1) is 27.8 Å². The van der Waals surface area contributed by atoms with Crippen LogP contribution in [0.4, 0.5) is 36.1 Å². The average molecular weight is 618 g/mol. The number of anilines is 4. The zero-order valence-corrected chi connectivity index (χ0v) is 24.3. The van der Waals surface area contributed by atoms with E-state index in [9.17, 15) is 22.8 Å². The third-order valence-corrected chi connectivity index (χ3v) is 8.26. The molecule has 13 heteroatoms. The summed E-state index contributed by atoms with van der Waals surface area (Å²) in [7, 11) is 0. The number of hydrogen-bond donors (Lipinski definition) is 4. The van der Waals surface area contributed by atoms with Crippen LogP contribution in [0.2, 0.25) is 0 Å². The van der Waals surface area contributed by atoms with Crippen LogP contribution in [-0.4, -0.2) is 37.3 Å². The Kier molecular flexibility index (Phi) is 7.64. The summed E-state index contributed by atoms with van der Waals surface area (Å²) in [5.41, 5.74) is 2.82. The maximum absolute atomic E-state index is 13.6. The first-order chi connectivity index (χ1) is 21.0. The Balaban J connectivity index is 1.19. The number of fused-ring (bicyclic) bond motifs is 1. The van der Waals surface area contributed by atoms with Crippen LogP contribution < -0.4 is 16.0 Å². The number of aromatic amines is 1. The minimum absolute atomic E-state index is 0.167. The third-order valence-electron chi connectivity index (χ3n) is 7.07. The van der Waals surface area contributed by atoms with E-state index in [0.29, 0.717) is 28.6 Å². The number of nitrogens with one attached hydrogen (secondary N) is 4. The van der Waals surface area contributed by atoms with E-state index in [2.05, 4.69) is 31.0 Å². The maximum Gasteiger partial charge on any atom is 0.416 e. The van der Waals surface area contributed by atoms with Crippen molar-refractivity contribution in [3.63, 3.8) is 0 Å². The predicted octanol–water partition coefficient (Wildman–Crippen LogP) is 7.05. The molecule has 2 amide bonds. The van der Waals surface area contributed by atoms with Crippen molar-refractivity contribution < 1.29 is 22.8 Å². The van der Waals surface area contributed by atoms with Crippen molar-refractivity contribution in [3.8, 4) is 5.69 Å². The Hall–Kier alpha value is -5.04. The van der Waals surface area contributed by atoms with Crippen LogP contribution in [0.3, 0.4) is 0 Å². The van der Waals surface area contributed by atoms with Crippen LogP contribution in [0.15, 0.2) is 84.1 Å². The lowest BCUT2D eigenvalue weighted by Gasteiger charge is -2.17. The molecule has 6 rings (SSSR count). The zero-order valence-electron chi connectivity index (χ0n) is 23.5. The van der Waals surface area contributed by atoms with Crippen molar-refractivity contribution in [1.29, 1.82) is 0 Å². The molecule has 0 saturated heterocycles. The molecule has 1 unspecified atom stereocenters. The van der Waals surface area contributed by atoms with Crippen molar-refractivity contribution in [1.82, 2.24) is 19.7 Å². The SMILES string of the molecule is Cc1cn(-c2cc(C(=O)Nc3ccc(C)c(NC(=O)C4CSc5c(Nc6ccccc6)ncnc54)c3)cc(C(F)(F)F)c2)[nH]1. The molecule has 3 heterocycles. The Morgan fingerprint density at radius 2 is 1.75 bits per heavy atom. The molecule has 2 aromatic heterocycles. The fraction of sp³-hybridized carbons (Fsp3) is 0.161. The van der Waals surface area contributed by atoms with E-state index in [1.165, 1.54) is 28.8 Å². The maximum atomic E-state index is 13.6. The van der Waals surface area contributed by atoms with Gasteiger partial charge in [-0.1, -0.05) is 24.3 Å². The van der Waals surface area contributed by atoms with E-state index < -0.39 is 23.6 Å². The lowest BCUT2D eigenvalue weighted by atomic mass is 10.1. The Morgan fingerprint density at radius 1 is 0.977 bits per heavy atom. The first-order valence-corrected chi connectivity index (χ1v) is 14.5. The van der Waals surface area contributed by atoms with Gasteiger partial charge in [-0.05, 0) is 61.9 Å². The minimum atomic E-state index is -4.64. The standard InChI is InChI=1S/C31H26F3N7O2S/c1-17-8-9-22(38-29(42)19-10-20(31(32,33)34)12-23(11-19)41-14-18(2)40-41)13-25(17)39-30(43)24-15-44-27-26(24)35-16-36-28(27)37-21-6-4-3-5-7-21/h3-14,16,24,40H,15H2,1-2H3,(H,38,42)(H,39,43)(H,35,36,37). The largest absolute Gasteiger partial charge is 0.416 e. The number of benzene rings is 3. The summed E-state index contributed by atoms with van der Waals surface area (Å²) >= 11 is 1.49. The van der Waals surface area contributed by atoms with Gasteiger partial charge in [0.25, 0.3) is 5.91 Å². The second kappa shape index (κ2) is 11.6. The zero-order chi connectivity index (χ0) is 31.0. The van der Waals surface area contributed by atoms with Gasteiger partial charge >= 0.3 is 6.18 Å². The van der Waals surface area contributed by atoms with Crippen LogP contribution in [0.25, 0.3) is 5.69 Å². The van der Waals surface area contributed by atoms with E-state index in [1.54, 1.807) is 38.2 Å². The quantitative estimate of drug-likeness (QED) is 0.156. The Morgan fingerprint density at radius 3 is 2.48 bits per heavy atom. The summed E-state index contributed by atoms with van der Waals surface area (Å²) < 4.78 is 42.3. The molecule has 0 radical (unpaired) electrons. The minimum Gasteiger partial charge on any atom is -0.339 e. The topological polar surface area (TPSA) is 117 Å². The Labute approximate surface area is 254 Å². The molecule has 0 aliphatic carbocycles. The van der Waals surface area contributed by atoms with Gasteiger partial charge in [-0.15, -0.1) is 11.8 Å². The first kappa shape index (κ1) is 29.1. The summed E-state index contributed by atoms with van der Waals surface area (Å²) in [4.78, 5) is 36.1. The molecular formula is C31H26F3N7O2S. The lowest BCUT2D eigenvalue weighted by molar-refractivity contribution is -0.137. The number of carbonyl (C=O) groups is 2. The lowest BCUT2D eigenvalue weighted by Crippen LogP contribution is -2.22. The first-order valence-electron chi connectivity index (χ1n) is 13.5. The smallest absolute Gasteiger partial charge is 0.339 e. The highest BCUT2D eigenvalue weighted by Crippen LogP contribution is 2.43. The number of hydrogen-bond acceptors (Lipinski definition) is 6. The van der Waals surface area contributed by atoms with E-state index in [1.807, 2.05) is 30.3 Å². The average Bonchev–Trinajstić information content (AvgIpc) is 3.42. The molecule has 1 aliphatic rings. The number of thioether (sulfide) groups is 1. The molecule has 1 aliphatic heterocycles. The third kappa shape index (κ3) is 6.04. The van der Waals surface area contributed by atoms with Gasteiger partial charge in [-0.25, -0.2) is 9.97 Å². The highest BCUT2D eigenvalue weighted by molar-refractivity contribution is 7.99. The number of amides is 2. The van der Waals surface area contributed by atoms with Crippen LogP contribution >= 0.6 is 11.8 Å². The monoisotopic (exact) mass is 617 g/mol. The van der Waals surface area contributed by atoms with Gasteiger partial charge < -0.3 is 16.0 Å². The van der Waals surface area contributed by atoms with Crippen molar-refractivity contribution in [2.45, 2.75) is 30.8 Å². The number of H-pyrrole nitrogens is 1. The van der Waals surface area contributed by atoms with Crippen molar-refractivity contribution in [2.75, 3.05) is 21.7 Å². The number of para-hydroxylation sites is 1. The fourth-order valence-corrected chi connectivity index (χ4v) is 6.02. The summed E-state index contributed by atoms with van der Waals surface area (Å²) in [6.07, 6.45) is -1.59. The molecule has 9 nitrogen and oxygen atoms in total. The molecule has 0 spiro atoms. The van der Waals surface area contributed by atoms with E-state index >= 15 is 0 Å². The Bertz CT molecular complexity index is 1860. The molecule has 0 saturated carbocycles. The van der Waals surface area contributed by atoms with Gasteiger partial charge in [-0.2, -0.15) is 13.2 Å². The molecule has 44 heavy (non-hydrogen) atoms. The number of aromatic nitrogens is 4. The van der Waals surface area contributed by atoms with Gasteiger partial charge in [-0.3, -0.25) is 19.4 Å². The molecule has 4 N–H and O–H groups in total. The van der Waals surface area contributed by atoms with Crippen LogP contribution in [0.5, 0.6) is 0 Å². The second-order valence-corrected chi connectivity index (χ2v) is 11.4. The molecule has 5 aromatic rings. The van der Waals surface area contributed by atoms with Gasteiger partial charge in [0.15, 0.2) is 0 Å². The normalized spacial score (nSPS) is 14.2. The number of carbonyl (C=O) groups excluding carboxylic acids is 2. The van der Waals surface area contributed by atoms with Gasteiger partial charge in [0.1, 0.15) is 12.1 Å². The van der Waals surface area contributed by atoms with Crippen LogP contribution in [-0.2, 0) is 11.0 Å². The summed E-state index contributed by atoms with van der Waals surface area (Å²) in [6.45, 7) is 3.57. The fourth-order valence-electron chi connectivity index (χ4n) is 4.79. The molecular weight excluding hydrogens is 591 g/mol. The number of rotatable bonds is 7. The molecule has 0 bridgehead atoms. The van der Waals surface area contributed by atoms with E-state index in [0.717, 1.165) is 34.0 Å². The van der Waals surface area contributed by atoms with Crippen LogP contribution in [0.1, 0.15) is 38.8 Å². The molecule has 3 aromatic carbocycles. The van der Waals surface area contributed by atoms with Gasteiger partial charge in [0, 0.05) is 40.3 Å². The summed E-state index contributed by atoms with van der Waals surface area (Å²) in [5, 5.41) is 11.7.